The van der Waals surface area contributed by atoms with E-state index in [0.717, 1.165) is 10.9 Å². The summed E-state index contributed by atoms with van der Waals surface area (Å²) in [6.45, 7) is 6.66. The predicted molar refractivity (Wildman–Crippen MR) is 107 cm³/mol. The summed E-state index contributed by atoms with van der Waals surface area (Å²) in [7, 11) is 0. The highest BCUT2D eigenvalue weighted by Gasteiger charge is 2.14. The molecule has 2 aromatic carbocycles. The number of anilines is 1. The lowest BCUT2D eigenvalue weighted by Gasteiger charge is -2.19. The molecule has 2 amide bonds. The molecule has 0 saturated carbocycles. The van der Waals surface area contributed by atoms with Crippen LogP contribution in [0.2, 0.25) is 0 Å². The molecule has 3 N–H and O–H groups in total. The van der Waals surface area contributed by atoms with Gasteiger partial charge in [-0.3, -0.25) is 14.7 Å². The van der Waals surface area contributed by atoms with E-state index in [2.05, 4.69) is 41.6 Å². The molecule has 1 heterocycles. The van der Waals surface area contributed by atoms with Crippen molar-refractivity contribution in [1.82, 2.24) is 15.5 Å². The van der Waals surface area contributed by atoms with Gasteiger partial charge in [-0.25, -0.2) is 0 Å². The molecule has 6 nitrogen and oxygen atoms in total. The van der Waals surface area contributed by atoms with Crippen molar-refractivity contribution < 1.29 is 9.59 Å². The first kappa shape index (κ1) is 18.6. The number of amides is 2. The summed E-state index contributed by atoms with van der Waals surface area (Å²) in [5, 5.41) is 13.4. The number of carbonyl (C=O) groups is 2. The van der Waals surface area contributed by atoms with Crippen LogP contribution in [0, 0.1) is 0 Å². The van der Waals surface area contributed by atoms with E-state index in [1.165, 1.54) is 5.56 Å². The zero-order valence-corrected chi connectivity index (χ0v) is 15.8. The molecule has 0 aliphatic carbocycles. The maximum Gasteiger partial charge on any atom is 0.251 e. The van der Waals surface area contributed by atoms with Crippen LogP contribution >= 0.6 is 0 Å². The smallest absolute Gasteiger partial charge is 0.251 e. The maximum atomic E-state index is 12.2. The van der Waals surface area contributed by atoms with Gasteiger partial charge in [-0.2, -0.15) is 5.10 Å². The summed E-state index contributed by atoms with van der Waals surface area (Å²) in [5.41, 5.74) is 3.27. The molecule has 0 aliphatic rings. The number of nitrogens with zero attached hydrogens (tertiary/aromatic N) is 1. The number of fused-ring (bicyclic) bond motifs is 1. The number of benzene rings is 2. The van der Waals surface area contributed by atoms with Crippen molar-refractivity contribution in [3.05, 3.63) is 59.8 Å². The Bertz CT molecular complexity index is 952. The molecule has 0 unspecified atom stereocenters. The van der Waals surface area contributed by atoms with Gasteiger partial charge in [-0.15, -0.1) is 0 Å². The van der Waals surface area contributed by atoms with Crippen LogP contribution in [0.1, 0.15) is 43.1 Å². The lowest BCUT2D eigenvalue weighted by atomic mass is 9.87. The summed E-state index contributed by atoms with van der Waals surface area (Å²) in [4.78, 5) is 24.4. The summed E-state index contributed by atoms with van der Waals surface area (Å²) >= 11 is 0. The molecule has 6 heteroatoms. The van der Waals surface area contributed by atoms with Crippen LogP contribution in [-0.4, -0.2) is 28.6 Å². The Morgan fingerprint density at radius 2 is 1.81 bits per heavy atom. The summed E-state index contributed by atoms with van der Waals surface area (Å²) in [6.07, 6.45) is 1.90. The molecular formula is C21H24N4O2. The molecule has 0 bridgehead atoms. The number of carbonyl (C=O) groups excluding carboxylic acids is 2. The standard InChI is InChI=1S/C21H24N4O2/c1-21(2,3)16-9-7-14(8-10-16)20(27)22-12-11-18(26)24-17-6-4-5-15-13-23-25-19(15)17/h4-10,13H,11-12H2,1-3H3,(H,22,27)(H,23,25)(H,24,26). The van der Waals surface area contributed by atoms with Crippen LogP contribution in [0.5, 0.6) is 0 Å². The number of H-pyrrole nitrogens is 1. The minimum absolute atomic E-state index is 0.0462. The Morgan fingerprint density at radius 1 is 1.07 bits per heavy atom. The summed E-state index contributed by atoms with van der Waals surface area (Å²) < 4.78 is 0. The van der Waals surface area contributed by atoms with E-state index < -0.39 is 0 Å². The Labute approximate surface area is 158 Å². The zero-order chi connectivity index (χ0) is 19.4. The molecule has 0 radical (unpaired) electrons. The Kier molecular flexibility index (Phi) is 5.26. The van der Waals surface area contributed by atoms with Crippen LogP contribution in [0.25, 0.3) is 10.9 Å². The Balaban J connectivity index is 1.51. The number of hydrogen-bond acceptors (Lipinski definition) is 3. The molecule has 0 atom stereocenters. The summed E-state index contributed by atoms with van der Waals surface area (Å²) in [6, 6.07) is 13.1. The number of aromatic nitrogens is 2. The average Bonchev–Trinajstić information content (AvgIpc) is 3.11. The van der Waals surface area contributed by atoms with Gasteiger partial charge in [-0.05, 0) is 29.2 Å². The third kappa shape index (κ3) is 4.53. The molecule has 1 aromatic heterocycles. The van der Waals surface area contributed by atoms with Gasteiger partial charge >= 0.3 is 0 Å². The van der Waals surface area contributed by atoms with Gasteiger partial charge in [0.2, 0.25) is 5.91 Å². The maximum absolute atomic E-state index is 12.2. The first-order valence-corrected chi connectivity index (χ1v) is 8.95. The van der Waals surface area contributed by atoms with Crippen LogP contribution in [0.4, 0.5) is 5.69 Å². The van der Waals surface area contributed by atoms with Gasteiger partial charge in [0.1, 0.15) is 0 Å². The minimum atomic E-state index is -0.182. The van der Waals surface area contributed by atoms with Crippen molar-refractivity contribution in [1.29, 1.82) is 0 Å². The van der Waals surface area contributed by atoms with Gasteiger partial charge in [-0.1, -0.05) is 45.0 Å². The van der Waals surface area contributed by atoms with Crippen molar-refractivity contribution in [3.8, 4) is 0 Å². The molecule has 140 valence electrons. The van der Waals surface area contributed by atoms with E-state index in [4.69, 9.17) is 0 Å². The highest BCUT2D eigenvalue weighted by Crippen LogP contribution is 2.22. The number of aromatic amines is 1. The molecular weight excluding hydrogens is 340 g/mol. The molecule has 0 fully saturated rings. The second-order valence-electron chi connectivity index (χ2n) is 7.52. The highest BCUT2D eigenvalue weighted by molar-refractivity contribution is 6.00. The lowest BCUT2D eigenvalue weighted by Crippen LogP contribution is -2.27. The minimum Gasteiger partial charge on any atom is -0.352 e. The summed E-state index contributed by atoms with van der Waals surface area (Å²) in [5.74, 6) is -0.348. The predicted octanol–water partition coefficient (Wildman–Crippen LogP) is 3.62. The molecule has 0 spiro atoms. The van der Waals surface area contributed by atoms with Crippen molar-refractivity contribution in [3.63, 3.8) is 0 Å². The zero-order valence-electron chi connectivity index (χ0n) is 15.8. The fourth-order valence-corrected chi connectivity index (χ4v) is 2.80. The van der Waals surface area contributed by atoms with Crippen LogP contribution in [0.15, 0.2) is 48.7 Å². The van der Waals surface area contributed by atoms with E-state index in [0.29, 0.717) is 11.3 Å². The second kappa shape index (κ2) is 7.61. The van der Waals surface area contributed by atoms with Gasteiger partial charge in [0, 0.05) is 23.9 Å². The van der Waals surface area contributed by atoms with E-state index in [-0.39, 0.29) is 30.2 Å². The third-order valence-electron chi connectivity index (χ3n) is 4.40. The van der Waals surface area contributed by atoms with Crippen LogP contribution < -0.4 is 10.6 Å². The number of nitrogens with one attached hydrogen (secondary N) is 3. The van der Waals surface area contributed by atoms with Gasteiger partial charge < -0.3 is 10.6 Å². The lowest BCUT2D eigenvalue weighted by molar-refractivity contribution is -0.116. The average molecular weight is 364 g/mol. The van der Waals surface area contributed by atoms with Gasteiger partial charge in [0.15, 0.2) is 0 Å². The molecule has 0 saturated heterocycles. The third-order valence-corrected chi connectivity index (χ3v) is 4.40. The first-order valence-electron chi connectivity index (χ1n) is 8.95. The highest BCUT2D eigenvalue weighted by atomic mass is 16.2. The molecule has 0 aliphatic heterocycles. The van der Waals surface area contributed by atoms with Crippen molar-refractivity contribution >= 4 is 28.4 Å². The monoisotopic (exact) mass is 364 g/mol. The normalized spacial score (nSPS) is 11.4. The van der Waals surface area contributed by atoms with Crippen molar-refractivity contribution in [2.45, 2.75) is 32.6 Å². The Morgan fingerprint density at radius 3 is 2.52 bits per heavy atom. The molecule has 3 aromatic rings. The number of para-hydroxylation sites is 1. The largest absolute Gasteiger partial charge is 0.352 e. The number of rotatable bonds is 5. The SMILES string of the molecule is CC(C)(C)c1ccc(C(=O)NCCC(=O)Nc2cccc3cn[nH]c23)cc1. The van der Waals surface area contributed by atoms with Crippen molar-refractivity contribution in [2.24, 2.45) is 0 Å². The number of hydrogen-bond donors (Lipinski definition) is 3. The first-order chi connectivity index (χ1) is 12.8. The van der Waals surface area contributed by atoms with Crippen LogP contribution in [0.3, 0.4) is 0 Å². The van der Waals surface area contributed by atoms with E-state index >= 15 is 0 Å². The second-order valence-corrected chi connectivity index (χ2v) is 7.52. The van der Waals surface area contributed by atoms with Crippen molar-refractivity contribution in [2.75, 3.05) is 11.9 Å². The van der Waals surface area contributed by atoms with Crippen LogP contribution in [-0.2, 0) is 10.2 Å². The Hall–Kier alpha value is -3.15. The van der Waals surface area contributed by atoms with Gasteiger partial charge in [0.25, 0.3) is 5.91 Å². The van der Waals surface area contributed by atoms with E-state index in [9.17, 15) is 9.59 Å². The molecule has 3 rings (SSSR count). The topological polar surface area (TPSA) is 86.9 Å². The van der Waals surface area contributed by atoms with Gasteiger partial charge in [0.05, 0.1) is 17.4 Å². The fourth-order valence-electron chi connectivity index (χ4n) is 2.80. The molecule has 27 heavy (non-hydrogen) atoms. The fraction of sp³-hybridized carbons (Fsp3) is 0.286. The van der Waals surface area contributed by atoms with E-state index in [1.54, 1.807) is 6.20 Å². The quantitative estimate of drug-likeness (QED) is 0.646. The van der Waals surface area contributed by atoms with E-state index in [1.807, 2.05) is 42.5 Å².